The Kier molecular flexibility index (Phi) is 5.80. The highest BCUT2D eigenvalue weighted by Gasteiger charge is 2.25. The molecule has 0 aliphatic heterocycles. The lowest BCUT2D eigenvalue weighted by atomic mass is 10.1. The fraction of sp³-hybridized carbons (Fsp3) is 0.190. The molecule has 0 spiro atoms. The number of H-pyrrole nitrogens is 1. The van der Waals surface area contributed by atoms with E-state index >= 15 is 0 Å². The molecule has 2 N–H and O–H groups in total. The van der Waals surface area contributed by atoms with Gasteiger partial charge in [-0.1, -0.05) is 29.8 Å². The average Bonchev–Trinajstić information content (AvgIpc) is 3.11. The molecular formula is C21H19ClN2O4. The van der Waals surface area contributed by atoms with Gasteiger partial charge >= 0.3 is 5.97 Å². The Bertz CT molecular complexity index is 1030. The highest BCUT2D eigenvalue weighted by molar-refractivity contribution is 6.30. The molecule has 7 heteroatoms. The van der Waals surface area contributed by atoms with E-state index in [0.717, 1.165) is 10.9 Å². The zero-order chi connectivity index (χ0) is 20.3. The van der Waals surface area contributed by atoms with Crippen molar-refractivity contribution in [3.05, 3.63) is 70.9 Å². The summed E-state index contributed by atoms with van der Waals surface area (Å²) in [7, 11) is 0. The molecule has 28 heavy (non-hydrogen) atoms. The third-order valence-corrected chi connectivity index (χ3v) is 4.58. The Morgan fingerprint density at radius 1 is 1.04 bits per heavy atom. The van der Waals surface area contributed by atoms with Crippen LogP contribution in [0.4, 0.5) is 0 Å². The molecule has 1 amide bonds. The summed E-state index contributed by atoms with van der Waals surface area (Å²) in [6, 6.07) is 12.7. The van der Waals surface area contributed by atoms with Crippen molar-refractivity contribution in [2.24, 2.45) is 0 Å². The number of ether oxygens (including phenoxy) is 1. The van der Waals surface area contributed by atoms with Gasteiger partial charge in [0.2, 0.25) is 5.78 Å². The first-order valence-corrected chi connectivity index (χ1v) is 9.12. The number of fused-ring (bicyclic) bond motifs is 1. The van der Waals surface area contributed by atoms with E-state index in [-0.39, 0.29) is 5.78 Å². The number of ketones is 1. The lowest BCUT2D eigenvalue weighted by molar-refractivity contribution is -0.148. The van der Waals surface area contributed by atoms with Crippen molar-refractivity contribution < 1.29 is 19.1 Å². The number of halogens is 1. The molecule has 0 saturated carbocycles. The van der Waals surface area contributed by atoms with Gasteiger partial charge in [0.05, 0.1) is 0 Å². The maximum Gasteiger partial charge on any atom is 0.329 e. The minimum absolute atomic E-state index is 0.318. The topological polar surface area (TPSA) is 88.3 Å². The number of carbonyl (C=O) groups excluding carboxylic acids is 3. The highest BCUT2D eigenvalue weighted by atomic mass is 35.5. The molecule has 0 radical (unpaired) electrons. The Morgan fingerprint density at radius 2 is 1.71 bits per heavy atom. The van der Waals surface area contributed by atoms with Crippen molar-refractivity contribution in [2.45, 2.75) is 26.0 Å². The largest absolute Gasteiger partial charge is 0.453 e. The van der Waals surface area contributed by atoms with Gasteiger partial charge in [-0.25, -0.2) is 4.79 Å². The van der Waals surface area contributed by atoms with Crippen LogP contribution >= 0.6 is 11.6 Å². The molecule has 1 heterocycles. The van der Waals surface area contributed by atoms with Gasteiger partial charge in [0.25, 0.3) is 5.91 Å². The summed E-state index contributed by atoms with van der Waals surface area (Å²) in [5.74, 6) is -1.44. The molecule has 0 unspecified atom stereocenters. The lowest BCUT2D eigenvalue weighted by Crippen LogP contribution is -2.41. The van der Waals surface area contributed by atoms with E-state index in [1.807, 2.05) is 24.3 Å². The van der Waals surface area contributed by atoms with Gasteiger partial charge in [0.15, 0.2) is 6.10 Å². The summed E-state index contributed by atoms with van der Waals surface area (Å²) in [6.07, 6.45) is 0.616. The van der Waals surface area contributed by atoms with Gasteiger partial charge in [0, 0.05) is 33.2 Å². The van der Waals surface area contributed by atoms with Crippen LogP contribution in [-0.4, -0.2) is 34.8 Å². The summed E-state index contributed by atoms with van der Waals surface area (Å²) < 4.78 is 5.26. The van der Waals surface area contributed by atoms with Crippen LogP contribution < -0.4 is 5.32 Å². The van der Waals surface area contributed by atoms with Crippen LogP contribution in [0.15, 0.2) is 54.7 Å². The molecule has 0 fully saturated rings. The molecule has 6 nitrogen and oxygen atoms in total. The average molecular weight is 399 g/mol. The van der Waals surface area contributed by atoms with Gasteiger partial charge in [-0.3, -0.25) is 9.59 Å². The van der Waals surface area contributed by atoms with Crippen molar-refractivity contribution in [3.8, 4) is 0 Å². The quantitative estimate of drug-likeness (QED) is 0.489. The Morgan fingerprint density at radius 3 is 2.43 bits per heavy atom. The number of aromatic amines is 1. The van der Waals surface area contributed by atoms with Crippen LogP contribution in [0.2, 0.25) is 5.02 Å². The lowest BCUT2D eigenvalue weighted by Gasteiger charge is -2.17. The first-order valence-electron chi connectivity index (χ1n) is 8.74. The van der Waals surface area contributed by atoms with Crippen molar-refractivity contribution in [1.82, 2.24) is 10.3 Å². The predicted octanol–water partition coefficient (Wildman–Crippen LogP) is 3.75. The second kappa shape index (κ2) is 8.27. The molecule has 3 aromatic rings. The van der Waals surface area contributed by atoms with E-state index in [9.17, 15) is 14.4 Å². The molecule has 3 rings (SSSR count). The molecule has 0 aliphatic carbocycles. The molecule has 2 aromatic carbocycles. The Hall–Kier alpha value is -3.12. The molecule has 2 atom stereocenters. The number of Topliss-reactive ketones (excluding diaryl/α,β-unsaturated/α-hetero) is 1. The first-order chi connectivity index (χ1) is 13.4. The number of esters is 1. The third-order valence-electron chi connectivity index (χ3n) is 4.32. The second-order valence-electron chi connectivity index (χ2n) is 6.39. The smallest absolute Gasteiger partial charge is 0.329 e. The van der Waals surface area contributed by atoms with Crippen molar-refractivity contribution in [1.29, 1.82) is 0 Å². The number of aromatic nitrogens is 1. The van der Waals surface area contributed by atoms with Gasteiger partial charge < -0.3 is 15.0 Å². The van der Waals surface area contributed by atoms with E-state index in [4.69, 9.17) is 16.3 Å². The Labute approximate surface area is 166 Å². The van der Waals surface area contributed by atoms with Crippen LogP contribution in [0.5, 0.6) is 0 Å². The number of benzene rings is 2. The molecule has 1 aromatic heterocycles. The van der Waals surface area contributed by atoms with Crippen molar-refractivity contribution in [3.63, 3.8) is 0 Å². The maximum absolute atomic E-state index is 12.7. The summed E-state index contributed by atoms with van der Waals surface area (Å²) in [5, 5.41) is 3.82. The Balaban J connectivity index is 1.62. The summed E-state index contributed by atoms with van der Waals surface area (Å²) >= 11 is 5.80. The summed E-state index contributed by atoms with van der Waals surface area (Å²) in [6.45, 7) is 3.01. The number of rotatable bonds is 6. The number of nitrogens with one attached hydrogen (secondary N) is 2. The molecular weight excluding hydrogens is 380 g/mol. The zero-order valence-electron chi connectivity index (χ0n) is 15.4. The normalized spacial score (nSPS) is 13.0. The summed E-state index contributed by atoms with van der Waals surface area (Å²) in [5.41, 5.74) is 1.65. The fourth-order valence-electron chi connectivity index (χ4n) is 2.76. The fourth-order valence-corrected chi connectivity index (χ4v) is 2.89. The molecule has 0 aliphatic rings. The van der Waals surface area contributed by atoms with Gasteiger partial charge in [-0.05, 0) is 44.2 Å². The molecule has 144 valence electrons. The van der Waals surface area contributed by atoms with Crippen LogP contribution in [0.1, 0.15) is 34.6 Å². The van der Waals surface area contributed by atoms with Gasteiger partial charge in [-0.2, -0.15) is 0 Å². The van der Waals surface area contributed by atoms with Crippen LogP contribution in [0, 0.1) is 0 Å². The van der Waals surface area contributed by atoms with Crippen molar-refractivity contribution >= 4 is 40.2 Å². The SMILES string of the molecule is C[C@H](NC(=O)c1ccc(Cl)cc1)C(=O)O[C@@H](C)C(=O)c1c[nH]c2ccccc12. The van der Waals surface area contributed by atoms with Crippen LogP contribution in [-0.2, 0) is 9.53 Å². The maximum atomic E-state index is 12.7. The van der Waals surface area contributed by atoms with E-state index in [0.29, 0.717) is 16.1 Å². The minimum Gasteiger partial charge on any atom is -0.453 e. The van der Waals surface area contributed by atoms with Crippen LogP contribution in [0.25, 0.3) is 10.9 Å². The van der Waals surface area contributed by atoms with E-state index in [1.54, 1.807) is 30.5 Å². The number of hydrogen-bond acceptors (Lipinski definition) is 4. The predicted molar refractivity (Wildman–Crippen MR) is 107 cm³/mol. The van der Waals surface area contributed by atoms with E-state index in [2.05, 4.69) is 10.3 Å². The van der Waals surface area contributed by atoms with Crippen molar-refractivity contribution in [2.75, 3.05) is 0 Å². The van der Waals surface area contributed by atoms with Gasteiger partial charge in [0.1, 0.15) is 6.04 Å². The van der Waals surface area contributed by atoms with Gasteiger partial charge in [-0.15, -0.1) is 0 Å². The first kappa shape index (κ1) is 19.6. The standard InChI is InChI=1S/C21H19ClN2O4/c1-12(24-20(26)14-7-9-15(22)10-8-14)21(27)28-13(2)19(25)17-11-23-18-6-4-3-5-16(17)18/h3-13,23H,1-2H3,(H,24,26)/t12-,13-/m0/s1. The van der Waals surface area contributed by atoms with E-state index in [1.165, 1.54) is 13.8 Å². The number of para-hydroxylation sites is 1. The number of carbonyl (C=O) groups is 3. The van der Waals surface area contributed by atoms with Crippen LogP contribution in [0.3, 0.4) is 0 Å². The minimum atomic E-state index is -0.985. The zero-order valence-corrected chi connectivity index (χ0v) is 16.1. The number of hydrogen-bond donors (Lipinski definition) is 2. The second-order valence-corrected chi connectivity index (χ2v) is 6.83. The highest BCUT2D eigenvalue weighted by Crippen LogP contribution is 2.20. The third kappa shape index (κ3) is 4.23. The monoisotopic (exact) mass is 398 g/mol. The number of amides is 1. The molecule has 0 saturated heterocycles. The molecule has 0 bridgehead atoms. The summed E-state index contributed by atoms with van der Waals surface area (Å²) in [4.78, 5) is 40.2. The van der Waals surface area contributed by atoms with E-state index < -0.39 is 24.0 Å².